The molecule has 6 heteroatoms. The van der Waals surface area contributed by atoms with E-state index in [4.69, 9.17) is 9.47 Å². The molecule has 0 spiro atoms. The molecule has 0 aliphatic heterocycles. The number of rotatable bonds is 6. The van der Waals surface area contributed by atoms with Crippen LogP contribution in [0.2, 0.25) is 0 Å². The Balaban J connectivity index is 1.62. The second kappa shape index (κ2) is 8.31. The number of nitriles is 1. The van der Waals surface area contributed by atoms with E-state index < -0.39 is 11.4 Å². The van der Waals surface area contributed by atoms with Gasteiger partial charge in [-0.15, -0.1) is 0 Å². The number of carboxylic acids is 1. The van der Waals surface area contributed by atoms with Crippen LogP contribution in [0.5, 0.6) is 11.5 Å². The third-order valence-electron chi connectivity index (χ3n) is 6.41. The van der Waals surface area contributed by atoms with Crippen LogP contribution in [0.25, 0.3) is 0 Å². The molecular formula is C24H24BrNO4. The van der Waals surface area contributed by atoms with Gasteiger partial charge < -0.3 is 14.6 Å². The third kappa shape index (κ3) is 3.67. The van der Waals surface area contributed by atoms with Crippen molar-refractivity contribution >= 4 is 21.9 Å². The topological polar surface area (TPSA) is 79.5 Å². The smallest absolute Gasteiger partial charge is 0.336 e. The number of benzene rings is 2. The van der Waals surface area contributed by atoms with Gasteiger partial charge in [-0.3, -0.25) is 0 Å². The summed E-state index contributed by atoms with van der Waals surface area (Å²) < 4.78 is 12.5. The SMILES string of the molecule is COc1ccc(C2(C#N)CC(c3c(Br)cccc3C(=O)O)C2)cc1OC1CCCC1. The normalized spacial score (nSPS) is 23.4. The lowest BCUT2D eigenvalue weighted by atomic mass is 9.57. The Morgan fingerprint density at radius 2 is 1.93 bits per heavy atom. The first-order valence-corrected chi connectivity index (χ1v) is 11.0. The van der Waals surface area contributed by atoms with Crippen LogP contribution in [0.1, 0.15) is 65.9 Å². The minimum atomic E-state index is -0.947. The van der Waals surface area contributed by atoms with E-state index in [9.17, 15) is 15.2 Å². The van der Waals surface area contributed by atoms with E-state index in [0.29, 0.717) is 29.9 Å². The summed E-state index contributed by atoms with van der Waals surface area (Å²) in [5, 5.41) is 19.6. The summed E-state index contributed by atoms with van der Waals surface area (Å²) >= 11 is 3.50. The Hall–Kier alpha value is -2.52. The summed E-state index contributed by atoms with van der Waals surface area (Å²) in [7, 11) is 1.62. The quantitative estimate of drug-likeness (QED) is 0.576. The van der Waals surface area contributed by atoms with Crippen LogP contribution in [-0.2, 0) is 5.41 Å². The maximum Gasteiger partial charge on any atom is 0.336 e. The summed E-state index contributed by atoms with van der Waals surface area (Å²) in [6.07, 6.45) is 5.77. The van der Waals surface area contributed by atoms with E-state index in [1.54, 1.807) is 19.2 Å². The standard InChI is InChI=1S/C24H24BrNO4/c1-29-20-10-9-16(11-21(20)30-17-5-2-3-6-17)24(14-26)12-15(13-24)22-18(23(27)28)7-4-8-19(22)25/h4,7-11,15,17H,2-3,5-6,12-13H2,1H3,(H,27,28). The van der Waals surface area contributed by atoms with Crippen LogP contribution < -0.4 is 9.47 Å². The van der Waals surface area contributed by atoms with Crippen molar-refractivity contribution in [2.24, 2.45) is 0 Å². The molecule has 2 aliphatic rings. The highest BCUT2D eigenvalue weighted by molar-refractivity contribution is 9.10. The number of methoxy groups -OCH3 is 1. The zero-order valence-corrected chi connectivity index (χ0v) is 18.4. The molecule has 0 aromatic heterocycles. The van der Waals surface area contributed by atoms with Crippen molar-refractivity contribution < 1.29 is 19.4 Å². The molecule has 4 rings (SSSR count). The number of carbonyl (C=O) groups is 1. The molecule has 1 N–H and O–H groups in total. The molecule has 0 bridgehead atoms. The van der Waals surface area contributed by atoms with Gasteiger partial charge in [0.2, 0.25) is 0 Å². The zero-order valence-electron chi connectivity index (χ0n) is 16.9. The van der Waals surface area contributed by atoms with Gasteiger partial charge in [-0.1, -0.05) is 28.1 Å². The third-order valence-corrected chi connectivity index (χ3v) is 7.10. The number of nitrogens with zero attached hydrogens (tertiary/aromatic N) is 1. The minimum absolute atomic E-state index is 0.00706. The van der Waals surface area contributed by atoms with Gasteiger partial charge in [0.25, 0.3) is 0 Å². The Labute approximate surface area is 184 Å². The average molecular weight is 470 g/mol. The molecule has 2 fully saturated rings. The molecular weight excluding hydrogens is 446 g/mol. The Morgan fingerprint density at radius 1 is 1.20 bits per heavy atom. The molecule has 2 aromatic rings. The highest BCUT2D eigenvalue weighted by atomic mass is 79.9. The van der Waals surface area contributed by atoms with Crippen LogP contribution in [0.4, 0.5) is 0 Å². The fourth-order valence-corrected chi connectivity index (χ4v) is 5.46. The average Bonchev–Trinajstić information content (AvgIpc) is 3.21. The summed E-state index contributed by atoms with van der Waals surface area (Å²) in [5.74, 6) is 0.422. The minimum Gasteiger partial charge on any atom is -0.493 e. The van der Waals surface area contributed by atoms with E-state index in [-0.39, 0.29) is 12.0 Å². The van der Waals surface area contributed by atoms with Crippen molar-refractivity contribution in [1.29, 1.82) is 5.26 Å². The molecule has 2 aliphatic carbocycles. The van der Waals surface area contributed by atoms with Crippen molar-refractivity contribution in [3.63, 3.8) is 0 Å². The van der Waals surface area contributed by atoms with E-state index in [0.717, 1.165) is 28.4 Å². The van der Waals surface area contributed by atoms with E-state index in [1.807, 2.05) is 24.3 Å². The fraction of sp³-hybridized carbons (Fsp3) is 0.417. The number of hydrogen-bond acceptors (Lipinski definition) is 4. The van der Waals surface area contributed by atoms with Crippen LogP contribution in [0.3, 0.4) is 0 Å². The van der Waals surface area contributed by atoms with Gasteiger partial charge in [-0.25, -0.2) is 4.79 Å². The van der Waals surface area contributed by atoms with Crippen LogP contribution in [-0.4, -0.2) is 24.3 Å². The van der Waals surface area contributed by atoms with Gasteiger partial charge in [0, 0.05) is 4.47 Å². The molecule has 30 heavy (non-hydrogen) atoms. The van der Waals surface area contributed by atoms with Crippen molar-refractivity contribution in [2.75, 3.05) is 7.11 Å². The number of ether oxygens (including phenoxy) is 2. The lowest BCUT2D eigenvalue weighted by Gasteiger charge is -2.44. The number of aromatic carboxylic acids is 1. The van der Waals surface area contributed by atoms with E-state index in [2.05, 4.69) is 22.0 Å². The highest BCUT2D eigenvalue weighted by Gasteiger charge is 2.48. The first-order valence-electron chi connectivity index (χ1n) is 10.3. The van der Waals surface area contributed by atoms with Gasteiger partial charge in [0.05, 0.1) is 30.3 Å². The molecule has 0 heterocycles. The van der Waals surface area contributed by atoms with Gasteiger partial charge in [-0.05, 0) is 79.8 Å². The summed E-state index contributed by atoms with van der Waals surface area (Å²) in [4.78, 5) is 11.7. The van der Waals surface area contributed by atoms with Crippen LogP contribution >= 0.6 is 15.9 Å². The van der Waals surface area contributed by atoms with Gasteiger partial charge in [0.1, 0.15) is 0 Å². The number of hydrogen-bond donors (Lipinski definition) is 1. The van der Waals surface area contributed by atoms with Crippen molar-refractivity contribution in [3.05, 3.63) is 57.6 Å². The molecule has 0 unspecified atom stereocenters. The highest BCUT2D eigenvalue weighted by Crippen LogP contribution is 2.55. The lowest BCUT2D eigenvalue weighted by Crippen LogP contribution is -2.39. The summed E-state index contributed by atoms with van der Waals surface area (Å²) in [6, 6.07) is 13.4. The molecule has 156 valence electrons. The first-order chi connectivity index (χ1) is 14.5. The zero-order chi connectivity index (χ0) is 21.3. The van der Waals surface area contributed by atoms with Crippen LogP contribution in [0, 0.1) is 11.3 Å². The predicted molar refractivity (Wildman–Crippen MR) is 116 cm³/mol. The fourth-order valence-electron chi connectivity index (χ4n) is 4.77. The van der Waals surface area contributed by atoms with Crippen LogP contribution in [0.15, 0.2) is 40.9 Å². The maximum atomic E-state index is 11.7. The van der Waals surface area contributed by atoms with Gasteiger partial charge >= 0.3 is 5.97 Å². The predicted octanol–water partition coefficient (Wildman–Crippen LogP) is 5.82. The van der Waals surface area contributed by atoms with Gasteiger partial charge in [0.15, 0.2) is 11.5 Å². The lowest BCUT2D eigenvalue weighted by molar-refractivity contribution is 0.0693. The molecule has 0 amide bonds. The largest absolute Gasteiger partial charge is 0.493 e. The van der Waals surface area contributed by atoms with E-state index in [1.165, 1.54) is 12.8 Å². The first kappa shape index (κ1) is 20.7. The molecule has 2 saturated carbocycles. The number of halogens is 1. The second-order valence-electron chi connectivity index (χ2n) is 8.20. The Kier molecular flexibility index (Phi) is 5.75. The van der Waals surface area contributed by atoms with E-state index >= 15 is 0 Å². The maximum absolute atomic E-state index is 11.7. The van der Waals surface area contributed by atoms with Crippen molar-refractivity contribution in [3.8, 4) is 17.6 Å². The van der Waals surface area contributed by atoms with Gasteiger partial charge in [-0.2, -0.15) is 5.26 Å². The summed E-state index contributed by atoms with van der Waals surface area (Å²) in [6.45, 7) is 0. The molecule has 0 radical (unpaired) electrons. The molecule has 0 saturated heterocycles. The molecule has 5 nitrogen and oxygen atoms in total. The van der Waals surface area contributed by atoms with Crippen molar-refractivity contribution in [2.45, 2.75) is 56.0 Å². The second-order valence-corrected chi connectivity index (χ2v) is 9.05. The Morgan fingerprint density at radius 3 is 2.57 bits per heavy atom. The Bertz CT molecular complexity index is 1000. The molecule has 0 atom stereocenters. The van der Waals surface area contributed by atoms with Crippen molar-refractivity contribution in [1.82, 2.24) is 0 Å². The monoisotopic (exact) mass is 469 g/mol. The summed E-state index contributed by atoms with van der Waals surface area (Å²) in [5.41, 5.74) is 1.31. The molecule has 2 aromatic carbocycles. The number of carboxylic acid groups (broad SMARTS) is 1.